The summed E-state index contributed by atoms with van der Waals surface area (Å²) >= 11 is 0. The smallest absolute Gasteiger partial charge is 0.224 e. The molecular formula is C23H23N3O. The number of nitrogens with zero attached hydrogens (tertiary/aromatic N) is 2. The van der Waals surface area contributed by atoms with Crippen molar-refractivity contribution in [1.82, 2.24) is 14.9 Å². The Balaban J connectivity index is 1.34. The van der Waals surface area contributed by atoms with Crippen molar-refractivity contribution in [1.29, 1.82) is 0 Å². The van der Waals surface area contributed by atoms with Crippen LogP contribution < -0.4 is 5.32 Å². The molecule has 0 atom stereocenters. The Morgan fingerprint density at radius 1 is 1.00 bits per heavy atom. The molecule has 0 unspecified atom stereocenters. The highest BCUT2D eigenvalue weighted by atomic mass is 16.1. The second kappa shape index (κ2) is 7.62. The minimum absolute atomic E-state index is 0.0681. The molecule has 4 aromatic rings. The Morgan fingerprint density at radius 2 is 1.78 bits per heavy atom. The van der Waals surface area contributed by atoms with E-state index in [0.29, 0.717) is 13.0 Å². The van der Waals surface area contributed by atoms with Gasteiger partial charge in [-0.05, 0) is 41.8 Å². The first-order chi connectivity index (χ1) is 13.2. The van der Waals surface area contributed by atoms with Crippen LogP contribution in [0.2, 0.25) is 0 Å². The van der Waals surface area contributed by atoms with Crippen molar-refractivity contribution >= 4 is 27.7 Å². The Morgan fingerprint density at radius 3 is 2.70 bits per heavy atom. The number of hydrogen-bond donors (Lipinski definition) is 1. The maximum absolute atomic E-state index is 12.4. The zero-order valence-corrected chi connectivity index (χ0v) is 15.5. The monoisotopic (exact) mass is 357 g/mol. The molecule has 0 aliphatic rings. The van der Waals surface area contributed by atoms with Crippen LogP contribution in [0.4, 0.5) is 0 Å². The number of imidazole rings is 1. The zero-order valence-electron chi connectivity index (χ0n) is 15.5. The second-order valence-electron chi connectivity index (χ2n) is 6.82. The van der Waals surface area contributed by atoms with Crippen LogP contribution in [0, 0.1) is 6.92 Å². The number of aromatic nitrogens is 2. The van der Waals surface area contributed by atoms with E-state index < -0.39 is 0 Å². The fourth-order valence-electron chi connectivity index (χ4n) is 3.63. The minimum Gasteiger partial charge on any atom is -0.356 e. The molecule has 0 radical (unpaired) electrons. The standard InChI is InChI=1S/C23H23N3O/c1-17-25-21-12-4-5-13-22(21)26(17)15-7-14-24-23(27)16-19-10-6-9-18-8-2-3-11-20(18)19/h2-6,8-13H,7,14-16H2,1H3,(H,24,27). The van der Waals surface area contributed by atoms with Gasteiger partial charge in [0.05, 0.1) is 17.5 Å². The summed E-state index contributed by atoms with van der Waals surface area (Å²) in [6.45, 7) is 3.54. The highest BCUT2D eigenvalue weighted by Crippen LogP contribution is 2.19. The molecule has 4 heteroatoms. The Kier molecular flexibility index (Phi) is 4.88. The number of rotatable bonds is 6. The fourth-order valence-corrected chi connectivity index (χ4v) is 3.63. The first-order valence-corrected chi connectivity index (χ1v) is 9.37. The predicted octanol–water partition coefficient (Wildman–Crippen LogP) is 4.25. The molecule has 0 fully saturated rings. The lowest BCUT2D eigenvalue weighted by Gasteiger charge is -2.09. The molecule has 0 bridgehead atoms. The molecule has 1 heterocycles. The summed E-state index contributed by atoms with van der Waals surface area (Å²) < 4.78 is 2.21. The van der Waals surface area contributed by atoms with Gasteiger partial charge >= 0.3 is 0 Å². The zero-order chi connectivity index (χ0) is 18.6. The molecule has 4 rings (SSSR count). The van der Waals surface area contributed by atoms with Gasteiger partial charge in [-0.1, -0.05) is 54.6 Å². The third-order valence-corrected chi connectivity index (χ3v) is 4.96. The number of benzene rings is 3. The van der Waals surface area contributed by atoms with Crippen LogP contribution in [-0.2, 0) is 17.8 Å². The van der Waals surface area contributed by atoms with Crippen molar-refractivity contribution in [3.63, 3.8) is 0 Å². The Labute approximate surface area is 158 Å². The molecule has 0 spiro atoms. The van der Waals surface area contributed by atoms with E-state index in [-0.39, 0.29) is 5.91 Å². The van der Waals surface area contributed by atoms with E-state index in [9.17, 15) is 4.79 Å². The van der Waals surface area contributed by atoms with Crippen LogP contribution in [0.1, 0.15) is 17.8 Å². The summed E-state index contributed by atoms with van der Waals surface area (Å²) in [5, 5.41) is 5.37. The fraction of sp³-hybridized carbons (Fsp3) is 0.217. The average Bonchev–Trinajstić information content (AvgIpc) is 3.01. The molecular weight excluding hydrogens is 334 g/mol. The average molecular weight is 357 g/mol. The van der Waals surface area contributed by atoms with E-state index in [1.165, 1.54) is 5.39 Å². The van der Waals surface area contributed by atoms with Crippen molar-refractivity contribution in [3.8, 4) is 0 Å². The number of hydrogen-bond acceptors (Lipinski definition) is 2. The van der Waals surface area contributed by atoms with E-state index in [2.05, 4.69) is 39.1 Å². The van der Waals surface area contributed by atoms with Gasteiger partial charge in [0.1, 0.15) is 5.82 Å². The van der Waals surface area contributed by atoms with Crippen LogP contribution in [0.5, 0.6) is 0 Å². The Hall–Kier alpha value is -3.14. The molecule has 0 aliphatic carbocycles. The summed E-state index contributed by atoms with van der Waals surface area (Å²) in [5.41, 5.74) is 3.24. The van der Waals surface area contributed by atoms with Gasteiger partial charge < -0.3 is 9.88 Å². The van der Waals surface area contributed by atoms with Gasteiger partial charge in [-0.15, -0.1) is 0 Å². The van der Waals surface area contributed by atoms with Gasteiger partial charge in [0, 0.05) is 13.1 Å². The number of fused-ring (bicyclic) bond motifs is 2. The number of amides is 1. The number of carbonyl (C=O) groups is 1. The van der Waals surface area contributed by atoms with Gasteiger partial charge in [0.25, 0.3) is 0 Å². The van der Waals surface area contributed by atoms with Gasteiger partial charge in [0.2, 0.25) is 5.91 Å². The van der Waals surface area contributed by atoms with E-state index >= 15 is 0 Å². The van der Waals surface area contributed by atoms with E-state index in [4.69, 9.17) is 0 Å². The molecule has 0 saturated carbocycles. The molecule has 3 aromatic carbocycles. The lowest BCUT2D eigenvalue weighted by atomic mass is 10.0. The summed E-state index contributed by atoms with van der Waals surface area (Å²) in [4.78, 5) is 17.0. The van der Waals surface area contributed by atoms with Crippen LogP contribution in [0.3, 0.4) is 0 Å². The first kappa shape index (κ1) is 17.3. The molecule has 1 aromatic heterocycles. The summed E-state index contributed by atoms with van der Waals surface area (Å²) in [6, 6.07) is 22.5. The molecule has 4 nitrogen and oxygen atoms in total. The molecule has 1 N–H and O–H groups in total. The third-order valence-electron chi connectivity index (χ3n) is 4.96. The summed E-state index contributed by atoms with van der Waals surface area (Å²) in [7, 11) is 0. The van der Waals surface area contributed by atoms with Crippen molar-refractivity contribution in [2.45, 2.75) is 26.3 Å². The van der Waals surface area contributed by atoms with Crippen LogP contribution in [-0.4, -0.2) is 22.0 Å². The van der Waals surface area contributed by atoms with E-state index in [0.717, 1.165) is 40.8 Å². The number of para-hydroxylation sites is 2. The molecule has 0 aliphatic heterocycles. The van der Waals surface area contributed by atoms with Crippen molar-refractivity contribution in [2.24, 2.45) is 0 Å². The quantitative estimate of drug-likeness (QED) is 0.525. The molecule has 0 saturated heterocycles. The lowest BCUT2D eigenvalue weighted by Crippen LogP contribution is -2.27. The summed E-state index contributed by atoms with van der Waals surface area (Å²) in [5.74, 6) is 1.08. The van der Waals surface area contributed by atoms with Crippen molar-refractivity contribution < 1.29 is 4.79 Å². The first-order valence-electron chi connectivity index (χ1n) is 9.37. The second-order valence-corrected chi connectivity index (χ2v) is 6.82. The van der Waals surface area contributed by atoms with Crippen molar-refractivity contribution in [2.75, 3.05) is 6.54 Å². The number of carbonyl (C=O) groups excluding carboxylic acids is 1. The van der Waals surface area contributed by atoms with E-state index in [1.807, 2.05) is 49.4 Å². The van der Waals surface area contributed by atoms with Gasteiger partial charge in [-0.25, -0.2) is 4.98 Å². The lowest BCUT2D eigenvalue weighted by molar-refractivity contribution is -0.120. The minimum atomic E-state index is 0.0681. The van der Waals surface area contributed by atoms with Crippen LogP contribution in [0.25, 0.3) is 21.8 Å². The number of aryl methyl sites for hydroxylation is 2. The van der Waals surface area contributed by atoms with Crippen LogP contribution in [0.15, 0.2) is 66.7 Å². The molecule has 136 valence electrons. The van der Waals surface area contributed by atoms with Crippen LogP contribution >= 0.6 is 0 Å². The highest BCUT2D eigenvalue weighted by Gasteiger charge is 2.08. The summed E-state index contributed by atoms with van der Waals surface area (Å²) in [6.07, 6.45) is 1.29. The maximum Gasteiger partial charge on any atom is 0.224 e. The topological polar surface area (TPSA) is 46.9 Å². The highest BCUT2D eigenvalue weighted by molar-refractivity contribution is 5.90. The predicted molar refractivity (Wildman–Crippen MR) is 110 cm³/mol. The SMILES string of the molecule is Cc1nc2ccccc2n1CCCNC(=O)Cc1cccc2ccccc12. The van der Waals surface area contributed by atoms with Gasteiger partial charge in [-0.2, -0.15) is 0 Å². The van der Waals surface area contributed by atoms with E-state index in [1.54, 1.807) is 0 Å². The molecule has 27 heavy (non-hydrogen) atoms. The Bertz CT molecular complexity index is 1090. The molecule has 1 amide bonds. The third kappa shape index (κ3) is 3.70. The van der Waals surface area contributed by atoms with Gasteiger partial charge in [0.15, 0.2) is 0 Å². The largest absolute Gasteiger partial charge is 0.356 e. The number of nitrogens with one attached hydrogen (secondary N) is 1. The van der Waals surface area contributed by atoms with Gasteiger partial charge in [-0.3, -0.25) is 4.79 Å². The maximum atomic E-state index is 12.4. The van der Waals surface area contributed by atoms with Crippen molar-refractivity contribution in [3.05, 3.63) is 78.1 Å². The normalized spacial score (nSPS) is 11.1.